The fourth-order valence-electron chi connectivity index (χ4n) is 1.66. The van der Waals surface area contributed by atoms with Crippen LogP contribution in [0.5, 0.6) is 0 Å². The van der Waals surface area contributed by atoms with Gasteiger partial charge in [-0.25, -0.2) is 0 Å². The van der Waals surface area contributed by atoms with Crippen LogP contribution in [-0.4, -0.2) is 35.8 Å². The first kappa shape index (κ1) is 12.7. The van der Waals surface area contributed by atoms with Crippen molar-refractivity contribution >= 4 is 5.91 Å². The van der Waals surface area contributed by atoms with Crippen LogP contribution in [0.3, 0.4) is 0 Å². The molecule has 0 spiro atoms. The molecule has 0 unspecified atom stereocenters. The van der Waals surface area contributed by atoms with Gasteiger partial charge in [0, 0.05) is 19.3 Å². The molecule has 0 saturated heterocycles. The molecule has 1 heterocycles. The first-order valence-corrected chi connectivity index (χ1v) is 5.51. The summed E-state index contributed by atoms with van der Waals surface area (Å²) in [4.78, 5) is 11.9. The molecule has 0 aliphatic carbocycles. The van der Waals surface area contributed by atoms with Crippen molar-refractivity contribution in [1.82, 2.24) is 20.4 Å². The molecule has 1 aromatic rings. The zero-order chi connectivity index (χ0) is 12.1. The third kappa shape index (κ3) is 2.82. The fraction of sp³-hybridized carbons (Fsp3) is 0.636. The van der Waals surface area contributed by atoms with Gasteiger partial charge >= 0.3 is 0 Å². The van der Waals surface area contributed by atoms with Crippen molar-refractivity contribution in [2.24, 2.45) is 7.05 Å². The van der Waals surface area contributed by atoms with Crippen LogP contribution in [0.2, 0.25) is 0 Å². The first-order valence-electron chi connectivity index (χ1n) is 5.51. The Kier molecular flexibility index (Phi) is 4.49. The minimum atomic E-state index is -0.0285. The van der Waals surface area contributed by atoms with Crippen LogP contribution in [0.4, 0.5) is 0 Å². The molecule has 0 saturated carbocycles. The lowest BCUT2D eigenvalue weighted by Crippen LogP contribution is -2.27. The van der Waals surface area contributed by atoms with Gasteiger partial charge in [0.15, 0.2) is 0 Å². The summed E-state index contributed by atoms with van der Waals surface area (Å²) in [5.74, 6) is -0.0285. The topological polar surface area (TPSA) is 58.9 Å². The lowest BCUT2D eigenvalue weighted by molar-refractivity contribution is 0.0952. The number of aryl methyl sites for hydroxylation is 2. The highest BCUT2D eigenvalue weighted by atomic mass is 16.1. The maximum absolute atomic E-state index is 11.9. The predicted octanol–water partition coefficient (Wildman–Crippen LogP) is 0.376. The molecule has 0 aliphatic rings. The van der Waals surface area contributed by atoms with Crippen molar-refractivity contribution in [3.05, 3.63) is 17.0 Å². The van der Waals surface area contributed by atoms with E-state index in [1.54, 1.807) is 4.68 Å². The van der Waals surface area contributed by atoms with Crippen LogP contribution in [0.25, 0.3) is 0 Å². The molecule has 2 N–H and O–H groups in total. The largest absolute Gasteiger partial charge is 0.352 e. The number of aromatic nitrogens is 2. The summed E-state index contributed by atoms with van der Waals surface area (Å²) >= 11 is 0. The molecule has 0 fully saturated rings. The Balaban J connectivity index is 2.59. The van der Waals surface area contributed by atoms with Gasteiger partial charge in [0.2, 0.25) is 0 Å². The van der Waals surface area contributed by atoms with Gasteiger partial charge in [-0.15, -0.1) is 0 Å². The molecule has 90 valence electrons. The smallest absolute Gasteiger partial charge is 0.255 e. The SMILES string of the molecule is CNCCCNC(=O)c1c(C)nn(C)c1C. The van der Waals surface area contributed by atoms with Crippen LogP contribution >= 0.6 is 0 Å². The number of hydrogen-bond donors (Lipinski definition) is 2. The Hall–Kier alpha value is -1.36. The van der Waals surface area contributed by atoms with Crippen molar-refractivity contribution in [3.63, 3.8) is 0 Å². The Bertz CT molecular complexity index is 370. The van der Waals surface area contributed by atoms with Gasteiger partial charge in [-0.2, -0.15) is 5.10 Å². The number of nitrogens with zero attached hydrogens (tertiary/aromatic N) is 2. The predicted molar refractivity (Wildman–Crippen MR) is 63.6 cm³/mol. The third-order valence-electron chi connectivity index (χ3n) is 2.63. The zero-order valence-corrected chi connectivity index (χ0v) is 10.4. The average molecular weight is 224 g/mol. The second kappa shape index (κ2) is 5.65. The molecule has 0 radical (unpaired) electrons. The molecule has 0 aliphatic heterocycles. The van der Waals surface area contributed by atoms with E-state index in [1.165, 1.54) is 0 Å². The summed E-state index contributed by atoms with van der Waals surface area (Å²) in [6.07, 6.45) is 0.931. The van der Waals surface area contributed by atoms with Crippen molar-refractivity contribution in [3.8, 4) is 0 Å². The molecule has 5 nitrogen and oxygen atoms in total. The number of amides is 1. The van der Waals surface area contributed by atoms with Gasteiger partial charge in [0.05, 0.1) is 11.3 Å². The highest BCUT2D eigenvalue weighted by Gasteiger charge is 2.16. The molecule has 0 bridgehead atoms. The molecule has 1 rings (SSSR count). The van der Waals surface area contributed by atoms with E-state index in [-0.39, 0.29) is 5.91 Å². The summed E-state index contributed by atoms with van der Waals surface area (Å²) in [6, 6.07) is 0. The van der Waals surface area contributed by atoms with Crippen LogP contribution in [0.15, 0.2) is 0 Å². The van der Waals surface area contributed by atoms with Crippen LogP contribution in [0, 0.1) is 13.8 Å². The van der Waals surface area contributed by atoms with Crippen molar-refractivity contribution in [1.29, 1.82) is 0 Å². The Morgan fingerprint density at radius 3 is 2.56 bits per heavy atom. The van der Waals surface area contributed by atoms with Gasteiger partial charge in [-0.1, -0.05) is 0 Å². The maximum Gasteiger partial charge on any atom is 0.255 e. The minimum Gasteiger partial charge on any atom is -0.352 e. The fourth-order valence-corrected chi connectivity index (χ4v) is 1.66. The zero-order valence-electron chi connectivity index (χ0n) is 10.4. The number of hydrogen-bond acceptors (Lipinski definition) is 3. The Labute approximate surface area is 96.2 Å². The van der Waals surface area contributed by atoms with Crippen molar-refractivity contribution < 1.29 is 4.79 Å². The molecule has 5 heteroatoms. The van der Waals surface area contributed by atoms with Gasteiger partial charge in [0.1, 0.15) is 0 Å². The minimum absolute atomic E-state index is 0.0285. The molecule has 16 heavy (non-hydrogen) atoms. The standard InChI is InChI=1S/C11H20N4O/c1-8-10(9(2)15(4)14-8)11(16)13-7-5-6-12-3/h12H,5-7H2,1-4H3,(H,13,16). The maximum atomic E-state index is 11.9. The van der Waals surface area contributed by atoms with E-state index in [2.05, 4.69) is 15.7 Å². The summed E-state index contributed by atoms with van der Waals surface area (Å²) in [5, 5.41) is 10.2. The summed E-state index contributed by atoms with van der Waals surface area (Å²) in [5.41, 5.74) is 2.39. The average Bonchev–Trinajstić information content (AvgIpc) is 2.48. The van der Waals surface area contributed by atoms with Gasteiger partial charge < -0.3 is 10.6 Å². The van der Waals surface area contributed by atoms with E-state index < -0.39 is 0 Å². The second-order valence-corrected chi connectivity index (χ2v) is 3.88. The lowest BCUT2D eigenvalue weighted by Gasteiger charge is -2.05. The third-order valence-corrected chi connectivity index (χ3v) is 2.63. The molecule has 1 amide bonds. The number of rotatable bonds is 5. The van der Waals surface area contributed by atoms with Crippen LogP contribution in [0.1, 0.15) is 28.2 Å². The number of carbonyl (C=O) groups excluding carboxylic acids is 1. The highest BCUT2D eigenvalue weighted by Crippen LogP contribution is 2.11. The monoisotopic (exact) mass is 224 g/mol. The molecular formula is C11H20N4O. The Morgan fingerprint density at radius 2 is 2.06 bits per heavy atom. The number of carbonyl (C=O) groups is 1. The molecule has 0 atom stereocenters. The van der Waals surface area contributed by atoms with Gasteiger partial charge in [0.25, 0.3) is 5.91 Å². The lowest BCUT2D eigenvalue weighted by atomic mass is 10.2. The van der Waals surface area contributed by atoms with E-state index >= 15 is 0 Å². The first-order chi connectivity index (χ1) is 7.57. The second-order valence-electron chi connectivity index (χ2n) is 3.88. The molecular weight excluding hydrogens is 204 g/mol. The highest BCUT2D eigenvalue weighted by molar-refractivity contribution is 5.96. The van der Waals surface area contributed by atoms with Crippen molar-refractivity contribution in [2.45, 2.75) is 20.3 Å². The van der Waals surface area contributed by atoms with E-state index in [9.17, 15) is 4.79 Å². The Morgan fingerprint density at radius 1 is 1.38 bits per heavy atom. The van der Waals surface area contributed by atoms with Gasteiger partial charge in [-0.3, -0.25) is 9.48 Å². The van der Waals surface area contributed by atoms with E-state index in [1.807, 2.05) is 27.9 Å². The van der Waals surface area contributed by atoms with E-state index in [0.29, 0.717) is 12.1 Å². The van der Waals surface area contributed by atoms with Gasteiger partial charge in [-0.05, 0) is 33.9 Å². The van der Waals surface area contributed by atoms with Crippen LogP contribution in [-0.2, 0) is 7.05 Å². The molecule has 0 aromatic carbocycles. The van der Waals surface area contributed by atoms with E-state index in [4.69, 9.17) is 0 Å². The summed E-state index contributed by atoms with van der Waals surface area (Å²) < 4.78 is 1.73. The normalized spacial score (nSPS) is 10.5. The summed E-state index contributed by atoms with van der Waals surface area (Å²) in [7, 11) is 3.75. The quantitative estimate of drug-likeness (QED) is 0.711. The van der Waals surface area contributed by atoms with Crippen molar-refractivity contribution in [2.75, 3.05) is 20.1 Å². The van der Waals surface area contributed by atoms with Crippen LogP contribution < -0.4 is 10.6 Å². The summed E-state index contributed by atoms with van der Waals surface area (Å²) in [6.45, 7) is 5.36. The van der Waals surface area contributed by atoms with E-state index in [0.717, 1.165) is 24.4 Å². The molecule has 1 aromatic heterocycles. The number of nitrogens with one attached hydrogen (secondary N) is 2.